The minimum atomic E-state index is -0.226. The van der Waals surface area contributed by atoms with Gasteiger partial charge in [0, 0.05) is 34.4 Å². The number of rotatable bonds is 7. The van der Waals surface area contributed by atoms with Crippen LogP contribution in [0.15, 0.2) is 29.3 Å². The molecule has 0 aliphatic carbocycles. The fraction of sp³-hybridized carbons (Fsp3) is 0.562. The second kappa shape index (κ2) is 8.64. The summed E-state index contributed by atoms with van der Waals surface area (Å²) in [5.74, 6) is 0.761. The summed E-state index contributed by atoms with van der Waals surface area (Å²) in [5, 5.41) is 6.55. The summed E-state index contributed by atoms with van der Waals surface area (Å²) in [5.41, 5.74) is 2.13. The molecular weight excluding hydrogens is 266 g/mol. The molecule has 0 spiro atoms. The SMILES string of the molecule is CN=C(NCc1cccc(COC)c1)NCC(C)(C)OC. The Labute approximate surface area is 127 Å². The molecule has 1 rings (SSSR count). The van der Waals surface area contributed by atoms with Crippen LogP contribution in [0.1, 0.15) is 25.0 Å². The first kappa shape index (κ1) is 17.5. The highest BCUT2D eigenvalue weighted by molar-refractivity contribution is 5.79. The van der Waals surface area contributed by atoms with Gasteiger partial charge in [-0.15, -0.1) is 0 Å². The zero-order chi connectivity index (χ0) is 15.7. The van der Waals surface area contributed by atoms with Crippen molar-refractivity contribution in [3.8, 4) is 0 Å². The molecular formula is C16H27N3O2. The molecule has 1 aromatic carbocycles. The van der Waals surface area contributed by atoms with E-state index in [1.807, 2.05) is 19.9 Å². The van der Waals surface area contributed by atoms with Gasteiger partial charge >= 0.3 is 0 Å². The molecule has 5 heteroatoms. The smallest absolute Gasteiger partial charge is 0.191 e. The predicted molar refractivity (Wildman–Crippen MR) is 86.4 cm³/mol. The maximum Gasteiger partial charge on any atom is 0.191 e. The lowest BCUT2D eigenvalue weighted by Gasteiger charge is -2.24. The number of guanidine groups is 1. The summed E-state index contributed by atoms with van der Waals surface area (Å²) in [6.45, 7) is 6.09. The molecule has 0 fully saturated rings. The molecule has 21 heavy (non-hydrogen) atoms. The number of methoxy groups -OCH3 is 2. The van der Waals surface area contributed by atoms with Crippen molar-refractivity contribution in [2.45, 2.75) is 32.6 Å². The third-order valence-electron chi connectivity index (χ3n) is 3.22. The quantitative estimate of drug-likeness (QED) is 0.596. The van der Waals surface area contributed by atoms with Crippen LogP contribution in [0.3, 0.4) is 0 Å². The van der Waals surface area contributed by atoms with E-state index in [0.717, 1.165) is 5.96 Å². The van der Waals surface area contributed by atoms with E-state index in [1.165, 1.54) is 11.1 Å². The monoisotopic (exact) mass is 293 g/mol. The molecule has 0 radical (unpaired) electrons. The Morgan fingerprint density at radius 3 is 2.52 bits per heavy atom. The summed E-state index contributed by atoms with van der Waals surface area (Å²) in [6.07, 6.45) is 0. The normalized spacial score (nSPS) is 12.3. The number of aliphatic imine (C=N–C) groups is 1. The molecule has 0 aliphatic heterocycles. The summed E-state index contributed by atoms with van der Waals surface area (Å²) >= 11 is 0. The number of nitrogens with zero attached hydrogens (tertiary/aromatic N) is 1. The van der Waals surface area contributed by atoms with Gasteiger partial charge in [-0.05, 0) is 25.0 Å². The average Bonchev–Trinajstić information content (AvgIpc) is 2.48. The van der Waals surface area contributed by atoms with Crippen molar-refractivity contribution in [2.75, 3.05) is 27.8 Å². The van der Waals surface area contributed by atoms with E-state index in [1.54, 1.807) is 21.3 Å². The van der Waals surface area contributed by atoms with Crippen molar-refractivity contribution < 1.29 is 9.47 Å². The molecule has 0 atom stereocenters. The molecule has 0 amide bonds. The zero-order valence-electron chi connectivity index (χ0n) is 13.7. The Morgan fingerprint density at radius 2 is 1.90 bits per heavy atom. The van der Waals surface area contributed by atoms with Crippen molar-refractivity contribution in [2.24, 2.45) is 4.99 Å². The topological polar surface area (TPSA) is 54.9 Å². The molecule has 118 valence electrons. The summed E-state index contributed by atoms with van der Waals surface area (Å²) in [4.78, 5) is 4.21. The van der Waals surface area contributed by atoms with Crippen molar-refractivity contribution in [3.63, 3.8) is 0 Å². The van der Waals surface area contributed by atoms with E-state index in [2.05, 4.69) is 33.8 Å². The van der Waals surface area contributed by atoms with Crippen LogP contribution >= 0.6 is 0 Å². The zero-order valence-corrected chi connectivity index (χ0v) is 13.7. The van der Waals surface area contributed by atoms with Crippen LogP contribution in [0.4, 0.5) is 0 Å². The van der Waals surface area contributed by atoms with Gasteiger partial charge in [0.05, 0.1) is 12.2 Å². The summed E-state index contributed by atoms with van der Waals surface area (Å²) in [7, 11) is 5.17. The standard InChI is InChI=1S/C16H27N3O2/c1-16(2,21-5)12-19-15(17-3)18-10-13-7-6-8-14(9-13)11-20-4/h6-9H,10-12H2,1-5H3,(H2,17,18,19). The number of ether oxygens (including phenoxy) is 2. The first-order valence-corrected chi connectivity index (χ1v) is 7.07. The van der Waals surface area contributed by atoms with Gasteiger partial charge in [-0.1, -0.05) is 24.3 Å². The van der Waals surface area contributed by atoms with Crippen molar-refractivity contribution in [1.82, 2.24) is 10.6 Å². The van der Waals surface area contributed by atoms with Crippen LogP contribution in [0, 0.1) is 0 Å². The van der Waals surface area contributed by atoms with E-state index in [4.69, 9.17) is 9.47 Å². The van der Waals surface area contributed by atoms with Crippen LogP contribution in [0.25, 0.3) is 0 Å². The van der Waals surface area contributed by atoms with Crippen LogP contribution in [-0.2, 0) is 22.6 Å². The van der Waals surface area contributed by atoms with Crippen LogP contribution in [-0.4, -0.2) is 39.4 Å². The van der Waals surface area contributed by atoms with Crippen molar-refractivity contribution in [1.29, 1.82) is 0 Å². The number of nitrogens with one attached hydrogen (secondary N) is 2. The van der Waals surface area contributed by atoms with Gasteiger partial charge in [0.2, 0.25) is 0 Å². The highest BCUT2D eigenvalue weighted by Gasteiger charge is 2.16. The van der Waals surface area contributed by atoms with Crippen LogP contribution in [0.2, 0.25) is 0 Å². The summed E-state index contributed by atoms with van der Waals surface area (Å²) < 4.78 is 10.5. The first-order chi connectivity index (χ1) is 10.0. The molecule has 0 saturated heterocycles. The first-order valence-electron chi connectivity index (χ1n) is 7.07. The van der Waals surface area contributed by atoms with Gasteiger partial charge in [0.25, 0.3) is 0 Å². The largest absolute Gasteiger partial charge is 0.380 e. The molecule has 0 saturated carbocycles. The molecule has 0 heterocycles. The predicted octanol–water partition coefficient (Wildman–Crippen LogP) is 1.92. The highest BCUT2D eigenvalue weighted by atomic mass is 16.5. The van der Waals surface area contributed by atoms with Gasteiger partial charge in [-0.3, -0.25) is 4.99 Å². The van der Waals surface area contributed by atoms with Gasteiger partial charge < -0.3 is 20.1 Å². The third-order valence-corrected chi connectivity index (χ3v) is 3.22. The molecule has 2 N–H and O–H groups in total. The van der Waals surface area contributed by atoms with Crippen LogP contribution in [0.5, 0.6) is 0 Å². The lowest BCUT2D eigenvalue weighted by Crippen LogP contribution is -2.45. The second-order valence-corrected chi connectivity index (χ2v) is 5.50. The molecule has 0 unspecified atom stereocenters. The van der Waals surface area contributed by atoms with E-state index < -0.39 is 0 Å². The van der Waals surface area contributed by atoms with Gasteiger partial charge in [0.1, 0.15) is 0 Å². The molecule has 0 aliphatic rings. The van der Waals surface area contributed by atoms with Crippen LogP contribution < -0.4 is 10.6 Å². The van der Waals surface area contributed by atoms with E-state index >= 15 is 0 Å². The van der Waals surface area contributed by atoms with E-state index in [-0.39, 0.29) is 5.60 Å². The van der Waals surface area contributed by atoms with Gasteiger partial charge in [0.15, 0.2) is 5.96 Å². The van der Waals surface area contributed by atoms with Crippen molar-refractivity contribution in [3.05, 3.63) is 35.4 Å². The number of hydrogen-bond acceptors (Lipinski definition) is 3. The Kier molecular flexibility index (Phi) is 7.19. The minimum Gasteiger partial charge on any atom is -0.380 e. The summed E-state index contributed by atoms with van der Waals surface area (Å²) in [6, 6.07) is 8.30. The molecule has 0 bridgehead atoms. The molecule has 0 aromatic heterocycles. The van der Waals surface area contributed by atoms with E-state index in [9.17, 15) is 0 Å². The fourth-order valence-electron chi connectivity index (χ4n) is 1.77. The van der Waals surface area contributed by atoms with Gasteiger partial charge in [-0.25, -0.2) is 0 Å². The fourth-order valence-corrected chi connectivity index (χ4v) is 1.77. The Hall–Kier alpha value is -1.59. The minimum absolute atomic E-state index is 0.226. The van der Waals surface area contributed by atoms with Gasteiger partial charge in [-0.2, -0.15) is 0 Å². The highest BCUT2D eigenvalue weighted by Crippen LogP contribution is 2.07. The lowest BCUT2D eigenvalue weighted by molar-refractivity contribution is 0.0268. The Bertz CT molecular complexity index is 459. The third kappa shape index (κ3) is 6.60. The maximum atomic E-state index is 5.38. The maximum absolute atomic E-state index is 5.38. The van der Waals surface area contributed by atoms with Crippen molar-refractivity contribution >= 4 is 5.96 Å². The Morgan fingerprint density at radius 1 is 1.19 bits per heavy atom. The average molecular weight is 293 g/mol. The lowest BCUT2D eigenvalue weighted by atomic mass is 10.1. The molecule has 5 nitrogen and oxygen atoms in total. The number of hydrogen-bond donors (Lipinski definition) is 2. The Balaban J connectivity index is 2.50. The second-order valence-electron chi connectivity index (χ2n) is 5.50. The van der Waals surface area contributed by atoms with E-state index in [0.29, 0.717) is 19.7 Å². The number of benzene rings is 1. The molecule has 1 aromatic rings.